The molecule has 0 aliphatic carbocycles. The van der Waals surface area contributed by atoms with Gasteiger partial charge in [-0.05, 0) is 83.6 Å². The van der Waals surface area contributed by atoms with Crippen LogP contribution in [0.2, 0.25) is 0 Å². The van der Waals surface area contributed by atoms with Gasteiger partial charge in [0.1, 0.15) is 17.8 Å². The van der Waals surface area contributed by atoms with E-state index in [0.717, 1.165) is 16.8 Å². The number of rotatable bonds is 10. The highest BCUT2D eigenvalue weighted by atomic mass is 16.6. The Morgan fingerprint density at radius 1 is 0.902 bits per heavy atom. The molecular formula is C32H45N3O6. The normalized spacial score (nSPS) is 16.0. The monoisotopic (exact) mass is 567 g/mol. The van der Waals surface area contributed by atoms with Crippen LogP contribution in [-0.2, 0) is 32.0 Å². The summed E-state index contributed by atoms with van der Waals surface area (Å²) in [4.78, 5) is 39.7. The van der Waals surface area contributed by atoms with E-state index in [1.807, 2.05) is 96.1 Å². The summed E-state index contributed by atoms with van der Waals surface area (Å²) in [6.07, 6.45) is 0.363. The van der Waals surface area contributed by atoms with Gasteiger partial charge in [0, 0.05) is 31.9 Å². The van der Waals surface area contributed by atoms with Crippen LogP contribution in [0.3, 0.4) is 0 Å². The number of esters is 1. The third kappa shape index (κ3) is 11.3. The van der Waals surface area contributed by atoms with Crippen LogP contribution in [0.25, 0.3) is 0 Å². The number of anilines is 1. The zero-order valence-electron chi connectivity index (χ0n) is 25.2. The predicted octanol–water partition coefficient (Wildman–Crippen LogP) is 5.78. The van der Waals surface area contributed by atoms with Crippen molar-refractivity contribution in [2.24, 2.45) is 11.8 Å². The molecule has 224 valence electrons. The molecule has 2 aromatic rings. The number of carbonyl (C=O) groups is 3. The SMILES string of the molecule is CC(C)(C)OC(=O)C(Cc1cccc(NCCNC(=O)OCc2ccccc2)c1)[C@H]1CCN(C(=O)OC(C)(C)C)C1. The standard InChI is InChI=1S/C32H45N3O6/c1-31(2,3)40-28(36)27(25-15-18-35(21-25)30(38)41-32(4,5)6)20-24-13-10-14-26(19-24)33-16-17-34-29(37)39-22-23-11-8-7-9-12-23/h7-14,19,25,27,33H,15-18,20-22H2,1-6H3,(H,34,37)/t25-,27?/m0/s1. The maximum absolute atomic E-state index is 13.3. The largest absolute Gasteiger partial charge is 0.460 e. The average Bonchev–Trinajstić information content (AvgIpc) is 3.38. The Balaban J connectivity index is 1.56. The molecule has 1 unspecified atom stereocenters. The van der Waals surface area contributed by atoms with E-state index in [2.05, 4.69) is 10.6 Å². The lowest BCUT2D eigenvalue weighted by atomic mass is 9.86. The number of hydrogen-bond donors (Lipinski definition) is 2. The Labute approximate surface area is 243 Å². The first-order valence-electron chi connectivity index (χ1n) is 14.3. The lowest BCUT2D eigenvalue weighted by molar-refractivity contribution is -0.161. The van der Waals surface area contributed by atoms with E-state index >= 15 is 0 Å². The number of ether oxygens (including phenoxy) is 3. The zero-order valence-corrected chi connectivity index (χ0v) is 25.2. The maximum atomic E-state index is 13.3. The second kappa shape index (κ2) is 14.2. The second-order valence-electron chi connectivity index (χ2n) is 12.4. The quantitative estimate of drug-likeness (QED) is 0.213. The molecule has 0 spiro atoms. The molecule has 2 amide bonds. The number of hydrogen-bond acceptors (Lipinski definition) is 7. The fourth-order valence-corrected chi connectivity index (χ4v) is 4.64. The van der Waals surface area contributed by atoms with E-state index in [1.165, 1.54) is 0 Å². The van der Waals surface area contributed by atoms with Gasteiger partial charge < -0.3 is 29.7 Å². The van der Waals surface area contributed by atoms with Gasteiger partial charge >= 0.3 is 18.2 Å². The van der Waals surface area contributed by atoms with E-state index in [1.54, 1.807) is 4.90 Å². The Kier molecular flexibility index (Phi) is 11.0. The molecule has 2 aromatic carbocycles. The molecule has 0 radical (unpaired) electrons. The molecule has 0 aromatic heterocycles. The molecule has 2 atom stereocenters. The van der Waals surface area contributed by atoms with Gasteiger partial charge in [0.2, 0.25) is 0 Å². The van der Waals surface area contributed by atoms with Crippen LogP contribution in [0.15, 0.2) is 54.6 Å². The van der Waals surface area contributed by atoms with Crippen LogP contribution < -0.4 is 10.6 Å². The van der Waals surface area contributed by atoms with Gasteiger partial charge in [-0.1, -0.05) is 42.5 Å². The molecule has 0 saturated carbocycles. The summed E-state index contributed by atoms with van der Waals surface area (Å²) < 4.78 is 16.6. The van der Waals surface area contributed by atoms with Crippen molar-refractivity contribution in [2.45, 2.75) is 72.2 Å². The lowest BCUT2D eigenvalue weighted by Crippen LogP contribution is -2.38. The van der Waals surface area contributed by atoms with E-state index in [0.29, 0.717) is 39.0 Å². The third-order valence-electron chi connectivity index (χ3n) is 6.47. The van der Waals surface area contributed by atoms with E-state index < -0.39 is 23.2 Å². The van der Waals surface area contributed by atoms with Crippen LogP contribution in [0.1, 0.15) is 59.1 Å². The molecular weight excluding hydrogens is 522 g/mol. The number of carbonyl (C=O) groups excluding carboxylic acids is 3. The van der Waals surface area contributed by atoms with Crippen LogP contribution in [-0.4, -0.2) is 60.4 Å². The maximum Gasteiger partial charge on any atom is 0.410 e. The van der Waals surface area contributed by atoms with Crippen molar-refractivity contribution in [3.63, 3.8) is 0 Å². The van der Waals surface area contributed by atoms with Gasteiger partial charge in [-0.15, -0.1) is 0 Å². The summed E-state index contributed by atoms with van der Waals surface area (Å²) in [5.41, 5.74) is 1.60. The number of nitrogens with zero attached hydrogens (tertiary/aromatic N) is 1. The van der Waals surface area contributed by atoms with Crippen molar-refractivity contribution in [3.8, 4) is 0 Å². The first-order chi connectivity index (χ1) is 19.3. The van der Waals surface area contributed by atoms with Gasteiger partial charge in [0.25, 0.3) is 0 Å². The molecule has 1 heterocycles. The fourth-order valence-electron chi connectivity index (χ4n) is 4.64. The molecule has 1 fully saturated rings. The summed E-state index contributed by atoms with van der Waals surface area (Å²) in [7, 11) is 0. The number of nitrogens with one attached hydrogen (secondary N) is 2. The summed E-state index contributed by atoms with van der Waals surface area (Å²) in [6.45, 7) is 13.2. The van der Waals surface area contributed by atoms with Gasteiger partial charge in [0.15, 0.2) is 0 Å². The molecule has 41 heavy (non-hydrogen) atoms. The van der Waals surface area contributed by atoms with Gasteiger partial charge in [0.05, 0.1) is 5.92 Å². The van der Waals surface area contributed by atoms with Crippen molar-refractivity contribution in [1.29, 1.82) is 0 Å². The topological polar surface area (TPSA) is 106 Å². The zero-order chi connectivity index (χ0) is 30.0. The number of likely N-dealkylation sites (tertiary alicyclic amines) is 1. The average molecular weight is 568 g/mol. The summed E-state index contributed by atoms with van der Waals surface area (Å²) in [6, 6.07) is 17.4. The van der Waals surface area contributed by atoms with Crippen molar-refractivity contribution in [2.75, 3.05) is 31.5 Å². The minimum atomic E-state index is -0.614. The van der Waals surface area contributed by atoms with Crippen molar-refractivity contribution < 1.29 is 28.6 Å². The van der Waals surface area contributed by atoms with Crippen molar-refractivity contribution in [3.05, 3.63) is 65.7 Å². The van der Waals surface area contributed by atoms with Crippen LogP contribution in [0, 0.1) is 11.8 Å². The highest BCUT2D eigenvalue weighted by Gasteiger charge is 2.39. The summed E-state index contributed by atoms with van der Waals surface area (Å²) >= 11 is 0. The smallest absolute Gasteiger partial charge is 0.410 e. The fraction of sp³-hybridized carbons (Fsp3) is 0.531. The van der Waals surface area contributed by atoms with Gasteiger partial charge in [-0.25, -0.2) is 9.59 Å². The van der Waals surface area contributed by atoms with Crippen LogP contribution >= 0.6 is 0 Å². The number of alkyl carbamates (subject to hydrolysis) is 1. The molecule has 3 rings (SSSR count). The van der Waals surface area contributed by atoms with E-state index in [-0.39, 0.29) is 24.6 Å². The molecule has 9 nitrogen and oxygen atoms in total. The second-order valence-corrected chi connectivity index (χ2v) is 12.4. The Morgan fingerprint density at radius 3 is 2.27 bits per heavy atom. The highest BCUT2D eigenvalue weighted by molar-refractivity contribution is 5.74. The Bertz CT molecular complexity index is 1160. The Hall–Kier alpha value is -3.75. The molecule has 0 bridgehead atoms. The van der Waals surface area contributed by atoms with Crippen LogP contribution in [0.4, 0.5) is 15.3 Å². The van der Waals surface area contributed by atoms with Gasteiger partial charge in [-0.2, -0.15) is 0 Å². The molecule has 1 aliphatic heterocycles. The predicted molar refractivity (Wildman–Crippen MR) is 159 cm³/mol. The van der Waals surface area contributed by atoms with E-state index in [9.17, 15) is 14.4 Å². The lowest BCUT2D eigenvalue weighted by Gasteiger charge is -2.28. The number of amides is 2. The first-order valence-corrected chi connectivity index (χ1v) is 14.3. The highest BCUT2D eigenvalue weighted by Crippen LogP contribution is 2.31. The third-order valence-corrected chi connectivity index (χ3v) is 6.47. The minimum Gasteiger partial charge on any atom is -0.460 e. The molecule has 9 heteroatoms. The minimum absolute atomic E-state index is 0.0416. The van der Waals surface area contributed by atoms with Crippen LogP contribution in [0.5, 0.6) is 0 Å². The van der Waals surface area contributed by atoms with Crippen molar-refractivity contribution >= 4 is 23.8 Å². The number of benzene rings is 2. The van der Waals surface area contributed by atoms with E-state index in [4.69, 9.17) is 14.2 Å². The van der Waals surface area contributed by atoms with Crippen molar-refractivity contribution in [1.82, 2.24) is 10.2 Å². The summed E-state index contributed by atoms with van der Waals surface area (Å²) in [5, 5.41) is 6.06. The summed E-state index contributed by atoms with van der Waals surface area (Å²) in [5.74, 6) is -0.705. The molecule has 1 aliphatic rings. The molecule has 1 saturated heterocycles. The molecule has 2 N–H and O–H groups in total. The van der Waals surface area contributed by atoms with Gasteiger partial charge in [-0.3, -0.25) is 4.79 Å². The first kappa shape index (κ1) is 31.8. The Morgan fingerprint density at radius 2 is 1.59 bits per heavy atom.